The Morgan fingerprint density at radius 3 is 2.46 bits per heavy atom. The molecule has 128 valence electrons. The summed E-state index contributed by atoms with van der Waals surface area (Å²) in [6.45, 7) is 7.26. The minimum atomic E-state index is 0.583. The molecule has 0 aliphatic heterocycles. The molecule has 2 N–H and O–H groups in total. The summed E-state index contributed by atoms with van der Waals surface area (Å²) in [6.07, 6.45) is 2.09. The van der Waals surface area contributed by atoms with Gasteiger partial charge in [0.25, 0.3) is 0 Å². The number of hydrogen-bond donors (Lipinski definition) is 2. The van der Waals surface area contributed by atoms with Crippen molar-refractivity contribution in [3.63, 3.8) is 0 Å². The number of halogens is 1. The number of anilines is 1. The Morgan fingerprint density at radius 2 is 1.83 bits per heavy atom. The van der Waals surface area contributed by atoms with Gasteiger partial charge in [0, 0.05) is 17.3 Å². The molecular weight excluding hydrogens is 336 g/mol. The van der Waals surface area contributed by atoms with Crippen LogP contribution in [0.5, 0.6) is 0 Å². The van der Waals surface area contributed by atoms with Gasteiger partial charge in [-0.1, -0.05) is 55.8 Å². The monoisotopic (exact) mass is 360 g/mol. The number of thiocarbonyl (C=S) groups is 1. The van der Waals surface area contributed by atoms with E-state index in [1.54, 1.807) is 0 Å². The van der Waals surface area contributed by atoms with Crippen molar-refractivity contribution in [1.29, 1.82) is 0 Å². The summed E-state index contributed by atoms with van der Waals surface area (Å²) >= 11 is 11.4. The first-order valence-electron chi connectivity index (χ1n) is 8.35. The van der Waals surface area contributed by atoms with Crippen LogP contribution in [0.25, 0.3) is 0 Å². The molecule has 0 aliphatic rings. The highest BCUT2D eigenvalue weighted by Gasteiger charge is 2.02. The van der Waals surface area contributed by atoms with E-state index in [4.69, 9.17) is 23.8 Å². The molecule has 2 aromatic rings. The van der Waals surface area contributed by atoms with Gasteiger partial charge < -0.3 is 10.6 Å². The van der Waals surface area contributed by atoms with E-state index >= 15 is 0 Å². The van der Waals surface area contributed by atoms with Crippen LogP contribution in [-0.2, 0) is 6.42 Å². The lowest BCUT2D eigenvalue weighted by molar-refractivity contribution is 0.776. The van der Waals surface area contributed by atoms with E-state index in [9.17, 15) is 0 Å². The molecule has 0 spiro atoms. The minimum Gasteiger partial charge on any atom is -0.362 e. The zero-order valence-electron chi connectivity index (χ0n) is 14.5. The van der Waals surface area contributed by atoms with E-state index in [-0.39, 0.29) is 0 Å². The van der Waals surface area contributed by atoms with Crippen LogP contribution in [0.15, 0.2) is 42.5 Å². The number of rotatable bonds is 6. The molecule has 0 aromatic heterocycles. The summed E-state index contributed by atoms with van der Waals surface area (Å²) in [5.74, 6) is 0.583. The predicted octanol–water partition coefficient (Wildman–Crippen LogP) is 5.69. The zero-order valence-corrected chi connectivity index (χ0v) is 16.1. The maximum absolute atomic E-state index is 6.12. The summed E-state index contributed by atoms with van der Waals surface area (Å²) in [4.78, 5) is 0. The van der Waals surface area contributed by atoms with Crippen LogP contribution >= 0.6 is 23.8 Å². The van der Waals surface area contributed by atoms with Crippen LogP contribution in [0.2, 0.25) is 5.02 Å². The van der Waals surface area contributed by atoms with E-state index in [0.717, 1.165) is 35.7 Å². The summed E-state index contributed by atoms with van der Waals surface area (Å²) in [6, 6.07) is 14.7. The smallest absolute Gasteiger partial charge is 0.170 e. The minimum absolute atomic E-state index is 0.583. The molecule has 0 atom stereocenters. The van der Waals surface area contributed by atoms with Crippen molar-refractivity contribution in [2.75, 3.05) is 11.9 Å². The van der Waals surface area contributed by atoms with Gasteiger partial charge >= 0.3 is 0 Å². The lowest BCUT2D eigenvalue weighted by atomic mass is 10.0. The van der Waals surface area contributed by atoms with E-state index < -0.39 is 0 Å². The molecule has 2 nitrogen and oxygen atoms in total. The van der Waals surface area contributed by atoms with Crippen LogP contribution in [0.1, 0.15) is 42.9 Å². The van der Waals surface area contributed by atoms with Gasteiger partial charge in [-0.05, 0) is 66.7 Å². The maximum Gasteiger partial charge on any atom is 0.170 e. The highest BCUT2D eigenvalue weighted by Crippen LogP contribution is 2.19. The predicted molar refractivity (Wildman–Crippen MR) is 109 cm³/mol. The molecule has 0 aliphatic carbocycles. The molecule has 0 fully saturated rings. The van der Waals surface area contributed by atoms with Crippen LogP contribution in [-0.4, -0.2) is 11.7 Å². The Hall–Kier alpha value is -1.58. The molecule has 0 radical (unpaired) electrons. The molecule has 24 heavy (non-hydrogen) atoms. The fraction of sp³-hybridized carbons (Fsp3) is 0.350. The van der Waals surface area contributed by atoms with E-state index in [0.29, 0.717) is 11.0 Å². The van der Waals surface area contributed by atoms with Gasteiger partial charge in [0.2, 0.25) is 0 Å². The van der Waals surface area contributed by atoms with Crippen LogP contribution < -0.4 is 10.6 Å². The molecule has 0 saturated heterocycles. The van der Waals surface area contributed by atoms with Crippen molar-refractivity contribution >= 4 is 34.6 Å². The number of aryl methyl sites for hydroxylation is 2. The molecule has 0 saturated carbocycles. The van der Waals surface area contributed by atoms with E-state index in [1.807, 2.05) is 25.1 Å². The quantitative estimate of drug-likeness (QED) is 0.511. The van der Waals surface area contributed by atoms with Crippen molar-refractivity contribution in [2.45, 2.75) is 39.5 Å². The molecule has 0 unspecified atom stereocenters. The highest BCUT2D eigenvalue weighted by molar-refractivity contribution is 7.80. The Balaban J connectivity index is 1.71. The van der Waals surface area contributed by atoms with Crippen molar-refractivity contribution in [1.82, 2.24) is 5.32 Å². The third-order valence-corrected chi connectivity index (χ3v) is 4.66. The van der Waals surface area contributed by atoms with Crippen molar-refractivity contribution in [3.8, 4) is 0 Å². The van der Waals surface area contributed by atoms with Gasteiger partial charge in [-0.2, -0.15) is 0 Å². The van der Waals surface area contributed by atoms with Crippen molar-refractivity contribution < 1.29 is 0 Å². The van der Waals surface area contributed by atoms with Crippen molar-refractivity contribution in [2.24, 2.45) is 0 Å². The molecule has 0 amide bonds. The van der Waals surface area contributed by atoms with Gasteiger partial charge in [0.15, 0.2) is 5.11 Å². The first-order valence-corrected chi connectivity index (χ1v) is 9.14. The Bertz CT molecular complexity index is 681. The summed E-state index contributed by atoms with van der Waals surface area (Å²) in [5, 5.41) is 7.78. The average molecular weight is 361 g/mol. The average Bonchev–Trinajstić information content (AvgIpc) is 2.55. The molecule has 4 heteroatoms. The Kier molecular flexibility index (Phi) is 7.07. The van der Waals surface area contributed by atoms with Crippen molar-refractivity contribution in [3.05, 3.63) is 64.2 Å². The van der Waals surface area contributed by atoms with E-state index in [1.165, 1.54) is 11.1 Å². The fourth-order valence-corrected chi connectivity index (χ4v) is 2.81. The van der Waals surface area contributed by atoms with Gasteiger partial charge in [0.05, 0.1) is 0 Å². The van der Waals surface area contributed by atoms with Crippen LogP contribution in [0.4, 0.5) is 5.69 Å². The van der Waals surface area contributed by atoms with Gasteiger partial charge in [-0.25, -0.2) is 0 Å². The fourth-order valence-electron chi connectivity index (χ4n) is 2.41. The summed E-state index contributed by atoms with van der Waals surface area (Å²) in [7, 11) is 0. The van der Waals surface area contributed by atoms with Crippen LogP contribution in [0.3, 0.4) is 0 Å². The second kappa shape index (κ2) is 9.05. The van der Waals surface area contributed by atoms with Crippen LogP contribution in [0, 0.1) is 6.92 Å². The lowest BCUT2D eigenvalue weighted by Gasteiger charge is -2.11. The van der Waals surface area contributed by atoms with Gasteiger partial charge in [-0.15, -0.1) is 0 Å². The molecule has 2 aromatic carbocycles. The standard InChI is InChI=1S/C20H25ClN2S/c1-14(2)17-9-7-16(8-10-17)5-4-12-22-20(24)23-18-11-6-15(3)19(21)13-18/h6-11,13-14H,4-5,12H2,1-3H3,(H2,22,23,24). The Morgan fingerprint density at radius 1 is 1.12 bits per heavy atom. The summed E-state index contributed by atoms with van der Waals surface area (Å²) < 4.78 is 0. The van der Waals surface area contributed by atoms with Gasteiger partial charge in [-0.3, -0.25) is 0 Å². The third-order valence-electron chi connectivity index (χ3n) is 4.00. The largest absolute Gasteiger partial charge is 0.362 e. The second-order valence-corrected chi connectivity index (χ2v) is 7.16. The summed E-state index contributed by atoms with van der Waals surface area (Å²) in [5.41, 5.74) is 4.72. The lowest BCUT2D eigenvalue weighted by Crippen LogP contribution is -2.29. The highest BCUT2D eigenvalue weighted by atomic mass is 35.5. The van der Waals surface area contributed by atoms with Gasteiger partial charge in [0.1, 0.15) is 0 Å². The number of nitrogens with one attached hydrogen (secondary N) is 2. The number of benzene rings is 2. The SMILES string of the molecule is Cc1ccc(NC(=S)NCCCc2ccc(C(C)C)cc2)cc1Cl. The molecule has 0 bridgehead atoms. The normalized spacial score (nSPS) is 10.7. The third kappa shape index (κ3) is 5.81. The molecule has 0 heterocycles. The first kappa shape index (κ1) is 18.8. The zero-order chi connectivity index (χ0) is 17.5. The molecule has 2 rings (SSSR count). The van der Waals surface area contributed by atoms with E-state index in [2.05, 4.69) is 48.7 Å². The second-order valence-electron chi connectivity index (χ2n) is 6.34. The number of hydrogen-bond acceptors (Lipinski definition) is 1. The maximum atomic E-state index is 6.12. The topological polar surface area (TPSA) is 24.1 Å². The molecular formula is C20H25ClN2S. The Labute approximate surface area is 155 Å². The first-order chi connectivity index (χ1) is 11.5.